The highest BCUT2D eigenvalue weighted by atomic mass is 16.4. The Labute approximate surface area is 222 Å². The number of amides is 1. The van der Waals surface area contributed by atoms with E-state index >= 15 is 0 Å². The average molecular weight is 524 g/mol. The summed E-state index contributed by atoms with van der Waals surface area (Å²) in [5, 5.41) is 13.7. The Morgan fingerprint density at radius 1 is 1.10 bits per heavy atom. The Morgan fingerprint density at radius 2 is 1.90 bits per heavy atom. The third-order valence-electron chi connectivity index (χ3n) is 7.01. The molecule has 0 spiro atoms. The van der Waals surface area contributed by atoms with E-state index in [0.29, 0.717) is 47.0 Å². The molecule has 0 bridgehead atoms. The zero-order chi connectivity index (χ0) is 27.1. The van der Waals surface area contributed by atoms with Crippen LogP contribution in [0.1, 0.15) is 18.7 Å². The maximum Gasteiger partial charge on any atom is 0.326 e. The van der Waals surface area contributed by atoms with Crippen LogP contribution in [-0.2, 0) is 9.59 Å². The highest BCUT2D eigenvalue weighted by Crippen LogP contribution is 2.37. The van der Waals surface area contributed by atoms with E-state index in [0.717, 1.165) is 16.5 Å². The summed E-state index contributed by atoms with van der Waals surface area (Å²) in [6.07, 6.45) is 2.04. The van der Waals surface area contributed by atoms with Gasteiger partial charge in [-0.3, -0.25) is 9.59 Å². The molecular formula is C29H25N5O5. The molecule has 5 aromatic rings. The second-order valence-corrected chi connectivity index (χ2v) is 9.75. The van der Waals surface area contributed by atoms with Crippen molar-refractivity contribution in [2.75, 3.05) is 16.8 Å². The largest absolute Gasteiger partial charge is 0.480 e. The Hall–Kier alpha value is -4.99. The molecule has 0 unspecified atom stereocenters. The third-order valence-corrected chi connectivity index (χ3v) is 7.01. The number of hydrogen-bond acceptors (Lipinski definition) is 7. The normalized spacial score (nSPS) is 17.1. The lowest BCUT2D eigenvalue weighted by molar-refractivity contribution is -0.138. The van der Waals surface area contributed by atoms with E-state index in [-0.39, 0.29) is 23.8 Å². The van der Waals surface area contributed by atoms with Crippen molar-refractivity contribution >= 4 is 45.5 Å². The lowest BCUT2D eigenvalue weighted by Gasteiger charge is -2.22. The number of para-hydroxylation sites is 1. The number of nitrogens with zero attached hydrogens (tertiary/aromatic N) is 3. The molecule has 0 saturated carbocycles. The van der Waals surface area contributed by atoms with Crippen molar-refractivity contribution in [3.05, 3.63) is 83.0 Å². The van der Waals surface area contributed by atoms with Gasteiger partial charge in [-0.2, -0.15) is 0 Å². The zero-order valence-corrected chi connectivity index (χ0v) is 21.0. The molecule has 6 rings (SSSR count). The molecule has 39 heavy (non-hydrogen) atoms. The van der Waals surface area contributed by atoms with Crippen LogP contribution in [-0.4, -0.2) is 44.5 Å². The summed E-state index contributed by atoms with van der Waals surface area (Å²) in [5.74, 6) is -0.440. The quantitative estimate of drug-likeness (QED) is 0.298. The first-order chi connectivity index (χ1) is 18.9. The van der Waals surface area contributed by atoms with Gasteiger partial charge in [0.05, 0.1) is 0 Å². The SMILES string of the molecule is Cc1nc(N2C[C@@H](CC(=O)Nc3ccc(-c4cc[nH]c(=O)c4)cc3)C[C@H]2C(=O)O)c2oc3ccccc3c2n1. The number of aromatic amines is 1. The molecule has 2 atom stereocenters. The van der Waals surface area contributed by atoms with E-state index in [2.05, 4.69) is 20.3 Å². The van der Waals surface area contributed by atoms with Gasteiger partial charge in [0.2, 0.25) is 11.5 Å². The molecule has 10 nitrogen and oxygen atoms in total. The van der Waals surface area contributed by atoms with Crippen molar-refractivity contribution in [2.24, 2.45) is 5.92 Å². The first-order valence-corrected chi connectivity index (χ1v) is 12.6. The van der Waals surface area contributed by atoms with Gasteiger partial charge in [0.25, 0.3) is 0 Å². The highest BCUT2D eigenvalue weighted by Gasteiger charge is 2.40. The minimum Gasteiger partial charge on any atom is -0.480 e. The minimum absolute atomic E-state index is 0.156. The second kappa shape index (κ2) is 9.71. The molecule has 196 valence electrons. The number of carbonyl (C=O) groups is 2. The van der Waals surface area contributed by atoms with Gasteiger partial charge >= 0.3 is 5.97 Å². The monoisotopic (exact) mass is 523 g/mol. The van der Waals surface area contributed by atoms with E-state index < -0.39 is 12.0 Å². The van der Waals surface area contributed by atoms with Gasteiger partial charge in [-0.25, -0.2) is 14.8 Å². The number of fused-ring (bicyclic) bond motifs is 3. The Morgan fingerprint density at radius 3 is 2.67 bits per heavy atom. The van der Waals surface area contributed by atoms with E-state index in [4.69, 9.17) is 4.42 Å². The van der Waals surface area contributed by atoms with Crippen molar-refractivity contribution in [1.82, 2.24) is 15.0 Å². The van der Waals surface area contributed by atoms with Crippen LogP contribution < -0.4 is 15.8 Å². The number of benzene rings is 2. The van der Waals surface area contributed by atoms with Gasteiger partial charge in [-0.1, -0.05) is 24.3 Å². The second-order valence-electron chi connectivity index (χ2n) is 9.75. The highest BCUT2D eigenvalue weighted by molar-refractivity contribution is 6.06. The number of aromatic nitrogens is 3. The molecule has 1 saturated heterocycles. The molecule has 4 heterocycles. The standard InChI is InChI=1S/C29H25N5O5/c1-16-31-26-21-4-2-3-5-23(21)39-27(26)28(32-16)34-15-17(12-22(34)29(37)38)13-25(36)33-20-8-6-18(7-9-20)19-10-11-30-24(35)14-19/h2-11,14,17,22H,12-13,15H2,1H3,(H,30,35)(H,33,36)(H,37,38)/t17-,22+/m1/s1. The summed E-state index contributed by atoms with van der Waals surface area (Å²) < 4.78 is 6.06. The number of aryl methyl sites for hydroxylation is 1. The fourth-order valence-electron chi connectivity index (χ4n) is 5.26. The van der Waals surface area contributed by atoms with Crippen LogP contribution in [0.3, 0.4) is 0 Å². The van der Waals surface area contributed by atoms with Crippen LogP contribution in [0.4, 0.5) is 11.5 Å². The topological polar surface area (TPSA) is 141 Å². The maximum atomic E-state index is 12.9. The molecule has 2 aromatic carbocycles. The van der Waals surface area contributed by atoms with Gasteiger partial charge in [-0.15, -0.1) is 0 Å². The molecular weight excluding hydrogens is 498 g/mol. The van der Waals surface area contributed by atoms with Crippen molar-refractivity contribution in [3.8, 4) is 11.1 Å². The number of aliphatic carboxylic acids is 1. The Bertz CT molecular complexity index is 1780. The summed E-state index contributed by atoms with van der Waals surface area (Å²) in [6.45, 7) is 2.11. The first-order valence-electron chi connectivity index (χ1n) is 12.6. The van der Waals surface area contributed by atoms with Crippen LogP contribution in [0.15, 0.2) is 76.1 Å². The van der Waals surface area contributed by atoms with E-state index in [1.807, 2.05) is 36.4 Å². The number of nitrogens with one attached hydrogen (secondary N) is 2. The number of anilines is 2. The fourth-order valence-corrected chi connectivity index (χ4v) is 5.26. The van der Waals surface area contributed by atoms with E-state index in [9.17, 15) is 19.5 Å². The summed E-state index contributed by atoms with van der Waals surface area (Å²) in [6, 6.07) is 17.2. The number of H-pyrrole nitrogens is 1. The first kappa shape index (κ1) is 24.4. The number of rotatable bonds is 6. The number of furan rings is 1. The number of carboxylic acid groups (broad SMARTS) is 1. The third kappa shape index (κ3) is 4.72. The minimum atomic E-state index is -0.978. The predicted molar refractivity (Wildman–Crippen MR) is 147 cm³/mol. The zero-order valence-electron chi connectivity index (χ0n) is 21.0. The Kier molecular flexibility index (Phi) is 6.07. The van der Waals surface area contributed by atoms with Crippen molar-refractivity contribution in [1.29, 1.82) is 0 Å². The summed E-state index contributed by atoms with van der Waals surface area (Å²) in [4.78, 5) is 50.1. The number of carbonyl (C=O) groups excluding carboxylic acids is 1. The van der Waals surface area contributed by atoms with Crippen LogP contribution in [0.25, 0.3) is 33.2 Å². The van der Waals surface area contributed by atoms with Gasteiger partial charge in [-0.05, 0) is 60.7 Å². The van der Waals surface area contributed by atoms with Crippen molar-refractivity contribution in [3.63, 3.8) is 0 Å². The number of hydrogen-bond donors (Lipinski definition) is 3. The maximum absolute atomic E-state index is 12.9. The number of carboxylic acids is 1. The summed E-state index contributed by atoms with van der Waals surface area (Å²) in [5.41, 5.74) is 3.80. The fraction of sp³-hybridized carbons (Fsp3) is 0.207. The molecule has 0 aliphatic carbocycles. The van der Waals surface area contributed by atoms with Crippen molar-refractivity contribution < 1.29 is 19.1 Å². The predicted octanol–water partition coefficient (Wildman–Crippen LogP) is 4.35. The molecule has 1 aliphatic heterocycles. The summed E-state index contributed by atoms with van der Waals surface area (Å²) >= 11 is 0. The van der Waals surface area contributed by atoms with E-state index in [1.165, 1.54) is 6.07 Å². The molecule has 1 fully saturated rings. The molecule has 1 aliphatic rings. The van der Waals surface area contributed by atoms with E-state index in [1.54, 1.807) is 36.2 Å². The molecule has 1 amide bonds. The van der Waals surface area contributed by atoms with Gasteiger partial charge in [0.1, 0.15) is 23.0 Å². The summed E-state index contributed by atoms with van der Waals surface area (Å²) in [7, 11) is 0. The van der Waals surface area contributed by atoms with Crippen molar-refractivity contribution in [2.45, 2.75) is 25.8 Å². The molecule has 3 aromatic heterocycles. The molecule has 3 N–H and O–H groups in total. The van der Waals surface area contributed by atoms with Gasteiger partial charge in [0, 0.05) is 36.3 Å². The number of pyridine rings is 1. The van der Waals surface area contributed by atoms with Gasteiger partial charge < -0.3 is 24.7 Å². The smallest absolute Gasteiger partial charge is 0.326 e. The Balaban J connectivity index is 1.20. The van der Waals surface area contributed by atoms with Crippen LogP contribution in [0, 0.1) is 12.8 Å². The van der Waals surface area contributed by atoms with Gasteiger partial charge in [0.15, 0.2) is 11.4 Å². The lowest BCUT2D eigenvalue weighted by atomic mass is 10.0. The van der Waals surface area contributed by atoms with Crippen LogP contribution >= 0.6 is 0 Å². The molecule has 10 heteroatoms. The molecule has 0 radical (unpaired) electrons. The van der Waals surface area contributed by atoms with Crippen LogP contribution in [0.2, 0.25) is 0 Å². The average Bonchev–Trinajstić information content (AvgIpc) is 3.50. The van der Waals surface area contributed by atoms with Crippen LogP contribution in [0.5, 0.6) is 0 Å². The lowest BCUT2D eigenvalue weighted by Crippen LogP contribution is -2.36.